The fraction of sp³-hybridized carbons (Fsp3) is 0.934. The first kappa shape index (κ1) is 64.0. The lowest BCUT2D eigenvalue weighted by atomic mass is 9.49. The van der Waals surface area contributed by atoms with Gasteiger partial charge in [-0.1, -0.05) is 125 Å². The van der Waals surface area contributed by atoms with Crippen molar-refractivity contribution in [2.45, 2.75) is 285 Å². The first-order chi connectivity index (χ1) is 35.0. The van der Waals surface area contributed by atoms with Gasteiger partial charge in [-0.15, -0.1) is 0 Å². The first-order valence-electron chi connectivity index (χ1n) is 30.6. The first-order valence-corrected chi connectivity index (χ1v) is 30.6. The molecule has 11 heteroatoms. The molecule has 4 aliphatic carbocycles. The maximum Gasteiger partial charge on any atom is 0.305 e. The van der Waals surface area contributed by atoms with Crippen LogP contribution in [0.5, 0.6) is 0 Å². The Labute approximate surface area is 441 Å². The topological polar surface area (TPSA) is 127 Å². The SMILES string of the molecule is CCCCCCCCOC(CCC(=O)OCCCC12CC3CC(CCCOC(=O)CCCCOC(=O)CCCCCCC)(CCC(CCCOC(=O)CCCN(CC)CC)(C3)C1)C2)OCCCCCCCC. The van der Waals surface area contributed by atoms with Gasteiger partial charge in [-0.3, -0.25) is 19.2 Å². The van der Waals surface area contributed by atoms with Crippen LogP contribution in [-0.2, 0) is 47.6 Å². The van der Waals surface area contributed by atoms with Crippen LogP contribution in [0.4, 0.5) is 0 Å². The Morgan fingerprint density at radius 3 is 1.25 bits per heavy atom. The normalized spacial score (nSPS) is 21.3. The Hall–Kier alpha value is -2.24. The molecule has 4 atom stereocenters. The maximum atomic E-state index is 13.2. The number of fused-ring (bicyclic) bond motifs is 1. The minimum absolute atomic E-state index is 0.0730. The van der Waals surface area contributed by atoms with Crippen LogP contribution in [0.25, 0.3) is 0 Å². The van der Waals surface area contributed by atoms with Gasteiger partial charge >= 0.3 is 23.9 Å². The zero-order valence-corrected chi connectivity index (χ0v) is 47.4. The lowest BCUT2D eigenvalue weighted by Gasteiger charge is -2.56. The third-order valence-electron chi connectivity index (χ3n) is 16.7. The monoisotopic (exact) mass is 1020 g/mol. The summed E-state index contributed by atoms with van der Waals surface area (Å²) < 4.78 is 35.4. The number of carbonyl (C=O) groups excluding carboxylic acids is 4. The highest BCUT2D eigenvalue weighted by Crippen LogP contribution is 2.69. The number of nitrogens with zero attached hydrogens (tertiary/aromatic N) is 1. The second-order valence-corrected chi connectivity index (χ2v) is 23.0. The average molecular weight is 1020 g/mol. The highest BCUT2D eigenvalue weighted by molar-refractivity contribution is 5.70. The molecule has 72 heavy (non-hydrogen) atoms. The number of unbranched alkanes of at least 4 members (excludes halogenated alkanes) is 15. The molecular formula is C61H111NO10. The zero-order chi connectivity index (χ0) is 52.0. The molecule has 4 saturated carbocycles. The van der Waals surface area contributed by atoms with Crippen molar-refractivity contribution in [3.63, 3.8) is 0 Å². The number of esters is 4. The molecular weight excluding hydrogens is 907 g/mol. The van der Waals surface area contributed by atoms with Gasteiger partial charge in [-0.2, -0.15) is 0 Å². The van der Waals surface area contributed by atoms with Crippen molar-refractivity contribution in [2.75, 3.05) is 59.3 Å². The van der Waals surface area contributed by atoms with Gasteiger partial charge in [0.1, 0.15) is 0 Å². The van der Waals surface area contributed by atoms with Crippen LogP contribution < -0.4 is 0 Å². The number of carbonyl (C=O) groups is 4. The van der Waals surface area contributed by atoms with E-state index < -0.39 is 0 Å². The van der Waals surface area contributed by atoms with Crippen LogP contribution in [0, 0.1) is 22.2 Å². The summed E-state index contributed by atoms with van der Waals surface area (Å²) in [6.07, 6.45) is 38.3. The molecule has 4 aliphatic rings. The summed E-state index contributed by atoms with van der Waals surface area (Å²) in [5, 5.41) is 0. The molecule has 0 N–H and O–H groups in total. The third-order valence-corrected chi connectivity index (χ3v) is 16.7. The van der Waals surface area contributed by atoms with Gasteiger partial charge in [0, 0.05) is 38.9 Å². The number of rotatable bonds is 48. The third kappa shape index (κ3) is 28.1. The van der Waals surface area contributed by atoms with Crippen molar-refractivity contribution < 1.29 is 47.6 Å². The van der Waals surface area contributed by atoms with E-state index in [4.69, 9.17) is 28.4 Å². The van der Waals surface area contributed by atoms with E-state index in [1.165, 1.54) is 128 Å². The van der Waals surface area contributed by atoms with Crippen molar-refractivity contribution in [1.29, 1.82) is 0 Å². The predicted molar refractivity (Wildman–Crippen MR) is 291 cm³/mol. The highest BCUT2D eigenvalue weighted by Gasteiger charge is 2.58. The lowest BCUT2D eigenvalue weighted by molar-refractivity contribution is -0.159. The lowest BCUT2D eigenvalue weighted by Crippen LogP contribution is -2.45. The van der Waals surface area contributed by atoms with E-state index in [9.17, 15) is 19.2 Å². The summed E-state index contributed by atoms with van der Waals surface area (Å²) in [6.45, 7) is 17.0. The molecule has 0 aromatic rings. The van der Waals surface area contributed by atoms with E-state index in [0.29, 0.717) is 90.5 Å². The molecule has 0 saturated heterocycles. The van der Waals surface area contributed by atoms with Crippen LogP contribution in [0.3, 0.4) is 0 Å². The molecule has 0 amide bonds. The Bertz CT molecular complexity index is 1400. The predicted octanol–water partition coefficient (Wildman–Crippen LogP) is 15.4. The van der Waals surface area contributed by atoms with Crippen molar-refractivity contribution in [3.05, 3.63) is 0 Å². The molecule has 0 aliphatic heterocycles. The van der Waals surface area contributed by atoms with Crippen LogP contribution in [-0.4, -0.2) is 94.3 Å². The van der Waals surface area contributed by atoms with Gasteiger partial charge in [0.05, 0.1) is 32.8 Å². The summed E-state index contributed by atoms with van der Waals surface area (Å²) >= 11 is 0. The fourth-order valence-corrected chi connectivity index (χ4v) is 13.1. The van der Waals surface area contributed by atoms with E-state index in [0.717, 1.165) is 90.3 Å². The molecule has 0 aromatic carbocycles. The molecule has 4 unspecified atom stereocenters. The number of hydrogen-bond acceptors (Lipinski definition) is 11. The fourth-order valence-electron chi connectivity index (χ4n) is 13.1. The van der Waals surface area contributed by atoms with Crippen LogP contribution in [0.15, 0.2) is 0 Å². The maximum absolute atomic E-state index is 13.2. The summed E-state index contributed by atoms with van der Waals surface area (Å²) in [7, 11) is 0. The van der Waals surface area contributed by atoms with Gasteiger partial charge in [-0.25, -0.2) is 0 Å². The van der Waals surface area contributed by atoms with Gasteiger partial charge in [-0.05, 0) is 164 Å². The van der Waals surface area contributed by atoms with Gasteiger partial charge in [0.15, 0.2) is 6.29 Å². The molecule has 0 spiro atoms. The van der Waals surface area contributed by atoms with Crippen LogP contribution >= 0.6 is 0 Å². The smallest absolute Gasteiger partial charge is 0.305 e. The van der Waals surface area contributed by atoms with E-state index in [1.54, 1.807) is 0 Å². The molecule has 0 aromatic heterocycles. The van der Waals surface area contributed by atoms with Gasteiger partial charge in [0.25, 0.3) is 0 Å². The quantitative estimate of drug-likeness (QED) is 0.0250. The second-order valence-electron chi connectivity index (χ2n) is 23.0. The minimum Gasteiger partial charge on any atom is -0.466 e. The largest absolute Gasteiger partial charge is 0.466 e. The zero-order valence-electron chi connectivity index (χ0n) is 47.4. The summed E-state index contributed by atoms with van der Waals surface area (Å²) in [6, 6.07) is 0. The van der Waals surface area contributed by atoms with Gasteiger partial charge in [0.2, 0.25) is 0 Å². The van der Waals surface area contributed by atoms with E-state index in [2.05, 4.69) is 39.5 Å². The molecule has 11 nitrogen and oxygen atoms in total. The second kappa shape index (κ2) is 39.2. The molecule has 4 bridgehead atoms. The van der Waals surface area contributed by atoms with Crippen molar-refractivity contribution in [1.82, 2.24) is 4.90 Å². The molecule has 0 heterocycles. The Kier molecular flexibility index (Phi) is 34.9. The number of hydrogen-bond donors (Lipinski definition) is 0. The number of ether oxygens (including phenoxy) is 6. The van der Waals surface area contributed by atoms with Gasteiger partial charge < -0.3 is 33.3 Å². The Morgan fingerprint density at radius 2 is 0.778 bits per heavy atom. The molecule has 420 valence electrons. The van der Waals surface area contributed by atoms with E-state index in [1.807, 2.05) is 0 Å². The van der Waals surface area contributed by atoms with E-state index >= 15 is 0 Å². The van der Waals surface area contributed by atoms with Crippen LogP contribution in [0.1, 0.15) is 279 Å². The Balaban J connectivity index is 1.51. The summed E-state index contributed by atoms with van der Waals surface area (Å²) in [4.78, 5) is 53.1. The van der Waals surface area contributed by atoms with Crippen molar-refractivity contribution >= 4 is 23.9 Å². The standard InChI is InChI=1S/C61H111NO10/c1-6-11-14-17-20-24-43-71-58(72-44-25-21-18-15-12-7-2)35-34-57(66)70-47-30-38-61-50-53-48-59(51-61,36-28-45-68-55(64)32-23-26-42-67-54(63)31-22-19-16-13-8-3)39-40-60(49-53,52-61)37-29-46-69-56(65)33-27-41-62(9-4)10-5/h53,58H,6-52H2,1-5H3. The average Bonchev–Trinajstić information content (AvgIpc) is 3.53. The van der Waals surface area contributed by atoms with Crippen molar-refractivity contribution in [2.24, 2.45) is 22.2 Å². The molecule has 0 radical (unpaired) electrons. The summed E-state index contributed by atoms with van der Waals surface area (Å²) in [5.41, 5.74) is 0.657. The van der Waals surface area contributed by atoms with E-state index in [-0.39, 0.29) is 46.4 Å². The molecule has 4 fully saturated rings. The van der Waals surface area contributed by atoms with Crippen LogP contribution in [0.2, 0.25) is 0 Å². The Morgan fingerprint density at radius 1 is 0.417 bits per heavy atom. The summed E-state index contributed by atoms with van der Waals surface area (Å²) in [5.74, 6) is 0.128. The highest BCUT2D eigenvalue weighted by atomic mass is 16.7. The molecule has 4 rings (SSSR count). The van der Waals surface area contributed by atoms with Crippen molar-refractivity contribution in [3.8, 4) is 0 Å². The minimum atomic E-state index is -0.367.